The van der Waals surface area contributed by atoms with Gasteiger partial charge in [-0.25, -0.2) is 9.37 Å². The Hall–Kier alpha value is -3.22. The molecule has 0 unspecified atom stereocenters. The first-order valence-electron chi connectivity index (χ1n) is 8.12. The monoisotopic (exact) mass is 356 g/mol. The summed E-state index contributed by atoms with van der Waals surface area (Å²) in [6.07, 6.45) is 1.44. The molecule has 0 saturated carbocycles. The lowest BCUT2D eigenvalue weighted by Crippen LogP contribution is -2.23. The number of benzene rings is 2. The Kier molecular flexibility index (Phi) is 5.58. The molecular formula is C19H17FN2O4. The zero-order chi connectivity index (χ0) is 18.4. The Labute approximate surface area is 148 Å². The van der Waals surface area contributed by atoms with Crippen LogP contribution in [0.4, 0.5) is 4.39 Å². The van der Waals surface area contributed by atoms with Crippen molar-refractivity contribution >= 4 is 16.9 Å². The van der Waals surface area contributed by atoms with Crippen molar-refractivity contribution in [3.05, 3.63) is 71.0 Å². The van der Waals surface area contributed by atoms with Gasteiger partial charge in [-0.2, -0.15) is 0 Å². The second-order valence-electron chi connectivity index (χ2n) is 5.51. The number of aromatic nitrogens is 2. The van der Waals surface area contributed by atoms with E-state index in [0.717, 1.165) is 0 Å². The lowest BCUT2D eigenvalue weighted by Gasteiger charge is -2.09. The standard InChI is InChI=1S/C19H17FN2O4/c20-15-6-2-4-8-17(15)25-11-12-26-18(23)9-10-22-13-21-16-7-3-1-5-14(16)19(22)24/h1-8,13H,9-12H2. The molecule has 0 radical (unpaired) electrons. The molecule has 6 nitrogen and oxygen atoms in total. The third-order valence-corrected chi connectivity index (χ3v) is 3.73. The normalized spacial score (nSPS) is 10.7. The number of aryl methyl sites for hydroxylation is 1. The van der Waals surface area contributed by atoms with E-state index in [1.165, 1.54) is 23.0 Å². The van der Waals surface area contributed by atoms with Gasteiger partial charge in [0.15, 0.2) is 11.6 Å². The van der Waals surface area contributed by atoms with Gasteiger partial charge in [0.2, 0.25) is 0 Å². The summed E-state index contributed by atoms with van der Waals surface area (Å²) in [5.41, 5.74) is 0.410. The van der Waals surface area contributed by atoms with Crippen molar-refractivity contribution in [1.29, 1.82) is 0 Å². The van der Waals surface area contributed by atoms with E-state index in [1.54, 1.807) is 36.4 Å². The molecule has 3 aromatic rings. The van der Waals surface area contributed by atoms with Crippen molar-refractivity contribution in [1.82, 2.24) is 9.55 Å². The second-order valence-corrected chi connectivity index (χ2v) is 5.51. The highest BCUT2D eigenvalue weighted by Crippen LogP contribution is 2.14. The van der Waals surface area contributed by atoms with Gasteiger partial charge in [0.1, 0.15) is 13.2 Å². The summed E-state index contributed by atoms with van der Waals surface area (Å²) in [6.45, 7) is 0.214. The lowest BCUT2D eigenvalue weighted by molar-refractivity contribution is -0.144. The summed E-state index contributed by atoms with van der Waals surface area (Å²) in [7, 11) is 0. The SMILES string of the molecule is O=C(CCn1cnc2ccccc2c1=O)OCCOc1ccccc1F. The van der Waals surface area contributed by atoms with E-state index < -0.39 is 11.8 Å². The van der Waals surface area contributed by atoms with Gasteiger partial charge in [-0.15, -0.1) is 0 Å². The Morgan fingerprint density at radius 3 is 2.69 bits per heavy atom. The number of carbonyl (C=O) groups excluding carboxylic acids is 1. The van der Waals surface area contributed by atoms with E-state index in [2.05, 4.69) is 4.98 Å². The number of nitrogens with zero attached hydrogens (tertiary/aromatic N) is 2. The first-order valence-corrected chi connectivity index (χ1v) is 8.12. The molecular weight excluding hydrogens is 339 g/mol. The maximum atomic E-state index is 13.4. The zero-order valence-electron chi connectivity index (χ0n) is 13.9. The van der Waals surface area contributed by atoms with Crippen molar-refractivity contribution in [2.24, 2.45) is 0 Å². The van der Waals surface area contributed by atoms with Crippen LogP contribution in [0.25, 0.3) is 10.9 Å². The zero-order valence-corrected chi connectivity index (χ0v) is 13.9. The van der Waals surface area contributed by atoms with Crippen LogP contribution < -0.4 is 10.3 Å². The summed E-state index contributed by atoms with van der Waals surface area (Å²) in [5.74, 6) is -0.832. The van der Waals surface area contributed by atoms with Crippen molar-refractivity contribution in [2.75, 3.05) is 13.2 Å². The number of esters is 1. The van der Waals surface area contributed by atoms with E-state index >= 15 is 0 Å². The van der Waals surface area contributed by atoms with Gasteiger partial charge in [0.25, 0.3) is 5.56 Å². The number of carbonyl (C=O) groups is 1. The van der Waals surface area contributed by atoms with Gasteiger partial charge in [-0.05, 0) is 24.3 Å². The molecule has 0 amide bonds. The molecule has 0 bridgehead atoms. The molecule has 0 aliphatic heterocycles. The van der Waals surface area contributed by atoms with Crippen LogP contribution in [0.5, 0.6) is 5.75 Å². The van der Waals surface area contributed by atoms with Crippen LogP contribution in [0.1, 0.15) is 6.42 Å². The van der Waals surface area contributed by atoms with Crippen LogP contribution in [-0.2, 0) is 16.1 Å². The average molecular weight is 356 g/mol. The first kappa shape index (κ1) is 17.6. The number of fused-ring (bicyclic) bond motifs is 1. The molecule has 2 aromatic carbocycles. The molecule has 134 valence electrons. The third-order valence-electron chi connectivity index (χ3n) is 3.73. The number of halogens is 1. The molecule has 0 fully saturated rings. The molecule has 0 aliphatic rings. The Balaban J connectivity index is 1.46. The quantitative estimate of drug-likeness (QED) is 0.481. The topological polar surface area (TPSA) is 70.4 Å². The van der Waals surface area contributed by atoms with Gasteiger partial charge in [0, 0.05) is 6.54 Å². The maximum Gasteiger partial charge on any atom is 0.307 e. The van der Waals surface area contributed by atoms with Gasteiger partial charge in [0.05, 0.1) is 23.7 Å². The summed E-state index contributed by atoms with van der Waals surface area (Å²) in [6, 6.07) is 13.0. The van der Waals surface area contributed by atoms with Crippen LogP contribution in [-0.4, -0.2) is 28.7 Å². The number of ether oxygens (including phenoxy) is 2. The minimum absolute atomic E-state index is 0.00195. The van der Waals surface area contributed by atoms with E-state index in [0.29, 0.717) is 10.9 Å². The summed E-state index contributed by atoms with van der Waals surface area (Å²) >= 11 is 0. The lowest BCUT2D eigenvalue weighted by atomic mass is 10.2. The first-order chi connectivity index (χ1) is 12.6. The molecule has 1 heterocycles. The largest absolute Gasteiger partial charge is 0.487 e. The fraction of sp³-hybridized carbons (Fsp3) is 0.211. The minimum Gasteiger partial charge on any atom is -0.487 e. The smallest absolute Gasteiger partial charge is 0.307 e. The molecule has 0 aliphatic carbocycles. The molecule has 0 N–H and O–H groups in total. The third kappa shape index (κ3) is 4.24. The van der Waals surface area contributed by atoms with Crippen LogP contribution in [0, 0.1) is 5.82 Å². The van der Waals surface area contributed by atoms with Crippen molar-refractivity contribution < 1.29 is 18.7 Å². The predicted molar refractivity (Wildman–Crippen MR) is 93.5 cm³/mol. The molecule has 0 spiro atoms. The molecule has 3 rings (SSSR count). The molecule has 0 atom stereocenters. The maximum absolute atomic E-state index is 13.4. The Bertz CT molecular complexity index is 971. The fourth-order valence-corrected chi connectivity index (χ4v) is 2.42. The number of rotatable bonds is 7. The van der Waals surface area contributed by atoms with Gasteiger partial charge >= 0.3 is 5.97 Å². The van der Waals surface area contributed by atoms with E-state index in [9.17, 15) is 14.0 Å². The van der Waals surface area contributed by atoms with E-state index in [4.69, 9.17) is 9.47 Å². The van der Waals surface area contributed by atoms with Crippen LogP contribution in [0.3, 0.4) is 0 Å². The average Bonchev–Trinajstić information content (AvgIpc) is 2.66. The highest BCUT2D eigenvalue weighted by atomic mass is 19.1. The molecule has 26 heavy (non-hydrogen) atoms. The van der Waals surface area contributed by atoms with Gasteiger partial charge in [-0.3, -0.25) is 14.2 Å². The van der Waals surface area contributed by atoms with Crippen molar-refractivity contribution in [3.63, 3.8) is 0 Å². The van der Waals surface area contributed by atoms with E-state index in [1.807, 2.05) is 0 Å². The molecule has 7 heteroatoms. The van der Waals surface area contributed by atoms with Crippen molar-refractivity contribution in [3.8, 4) is 5.75 Å². The number of hydrogen-bond donors (Lipinski definition) is 0. The van der Waals surface area contributed by atoms with Gasteiger partial charge < -0.3 is 9.47 Å². The second kappa shape index (κ2) is 8.24. The summed E-state index contributed by atoms with van der Waals surface area (Å²) < 4.78 is 25.0. The van der Waals surface area contributed by atoms with E-state index in [-0.39, 0.29) is 37.5 Å². The minimum atomic E-state index is -0.470. The Morgan fingerprint density at radius 1 is 1.08 bits per heavy atom. The summed E-state index contributed by atoms with van der Waals surface area (Å²) in [4.78, 5) is 28.3. The molecule has 0 saturated heterocycles. The summed E-state index contributed by atoms with van der Waals surface area (Å²) in [5, 5.41) is 0.502. The fourth-order valence-electron chi connectivity index (χ4n) is 2.42. The highest BCUT2D eigenvalue weighted by Gasteiger charge is 2.08. The number of hydrogen-bond acceptors (Lipinski definition) is 5. The van der Waals surface area contributed by atoms with Crippen LogP contribution in [0.2, 0.25) is 0 Å². The van der Waals surface area contributed by atoms with Crippen LogP contribution in [0.15, 0.2) is 59.7 Å². The molecule has 1 aromatic heterocycles. The number of para-hydroxylation sites is 2. The van der Waals surface area contributed by atoms with Crippen LogP contribution >= 0.6 is 0 Å². The Morgan fingerprint density at radius 2 is 1.85 bits per heavy atom. The van der Waals surface area contributed by atoms with Gasteiger partial charge in [-0.1, -0.05) is 24.3 Å². The highest BCUT2D eigenvalue weighted by molar-refractivity contribution is 5.77. The van der Waals surface area contributed by atoms with Crippen molar-refractivity contribution in [2.45, 2.75) is 13.0 Å². The predicted octanol–water partition coefficient (Wildman–Crippen LogP) is 2.55.